The minimum absolute atomic E-state index is 0. The Morgan fingerprint density at radius 1 is 0.724 bits per heavy atom. The quantitative estimate of drug-likeness (QED) is 0.199. The number of benzene rings is 5. The van der Waals surface area contributed by atoms with Crippen molar-refractivity contribution in [2.45, 2.75) is 19.3 Å². The van der Waals surface area contributed by atoms with Gasteiger partial charge in [0.1, 0.15) is 5.75 Å². The number of hydrogen-bond acceptors (Lipinski definition) is 2. The van der Waals surface area contributed by atoms with Crippen LogP contribution in [0.5, 0.6) is 5.75 Å². The maximum Gasteiger partial charge on any atom is 1.00 e. The van der Waals surface area contributed by atoms with Crippen molar-refractivity contribution in [2.24, 2.45) is 0 Å². The fourth-order valence-electron chi connectivity index (χ4n) is 4.05. The first kappa shape index (κ1) is 19.9. The fraction of sp³-hybridized carbons (Fsp3) is 0.115. The molecule has 0 fully saturated rings. The second kappa shape index (κ2) is 8.54. The van der Waals surface area contributed by atoms with Crippen molar-refractivity contribution in [3.05, 3.63) is 90.5 Å². The van der Waals surface area contributed by atoms with Gasteiger partial charge in [-0.3, -0.25) is 4.79 Å². The van der Waals surface area contributed by atoms with Gasteiger partial charge in [0.15, 0.2) is 0 Å². The second-order valence-corrected chi connectivity index (χ2v) is 7.23. The van der Waals surface area contributed by atoms with Gasteiger partial charge in [0.2, 0.25) is 0 Å². The number of rotatable bonds is 5. The average Bonchev–Trinajstić information content (AvgIpc) is 2.74. The SMILES string of the molecule is O=C(CCCc1ccccc1)Oc1ccc2ccc3cccc4ccc1c2c34.[H-].[Na+]. The minimum Gasteiger partial charge on any atom is -1.00 e. The minimum atomic E-state index is -0.175. The van der Waals surface area contributed by atoms with E-state index in [2.05, 4.69) is 54.6 Å². The first-order valence-electron chi connectivity index (χ1n) is 9.71. The zero-order chi connectivity index (χ0) is 18.9. The van der Waals surface area contributed by atoms with Crippen LogP contribution >= 0.6 is 0 Å². The molecule has 0 saturated heterocycles. The zero-order valence-corrected chi connectivity index (χ0v) is 18.5. The summed E-state index contributed by atoms with van der Waals surface area (Å²) in [4.78, 5) is 12.4. The largest absolute Gasteiger partial charge is 1.00 e. The van der Waals surface area contributed by atoms with E-state index in [0.717, 1.165) is 18.2 Å². The zero-order valence-electron chi connectivity index (χ0n) is 17.5. The predicted octanol–water partition coefficient (Wildman–Crippen LogP) is 3.63. The molecule has 5 aromatic rings. The summed E-state index contributed by atoms with van der Waals surface area (Å²) in [5.74, 6) is 0.474. The molecule has 0 aliphatic rings. The molecule has 5 rings (SSSR count). The Labute approximate surface area is 193 Å². The Hall–Kier alpha value is -2.39. The Kier molecular flexibility index (Phi) is 5.86. The first-order valence-corrected chi connectivity index (χ1v) is 9.71. The van der Waals surface area contributed by atoms with Crippen LogP contribution in [-0.4, -0.2) is 5.97 Å². The molecular formula is C26H21NaO2. The Morgan fingerprint density at radius 3 is 2.14 bits per heavy atom. The molecule has 0 aliphatic heterocycles. The summed E-state index contributed by atoms with van der Waals surface area (Å²) < 4.78 is 5.77. The van der Waals surface area contributed by atoms with Crippen molar-refractivity contribution >= 4 is 38.3 Å². The Bertz CT molecular complexity index is 1270. The van der Waals surface area contributed by atoms with Crippen molar-refractivity contribution in [2.75, 3.05) is 0 Å². The van der Waals surface area contributed by atoms with Crippen molar-refractivity contribution in [3.8, 4) is 5.75 Å². The molecule has 0 aliphatic carbocycles. The van der Waals surface area contributed by atoms with Gasteiger partial charge >= 0.3 is 35.5 Å². The maximum atomic E-state index is 12.4. The van der Waals surface area contributed by atoms with E-state index in [-0.39, 0.29) is 37.0 Å². The van der Waals surface area contributed by atoms with Gasteiger partial charge in [0, 0.05) is 17.2 Å². The predicted molar refractivity (Wildman–Crippen MR) is 116 cm³/mol. The van der Waals surface area contributed by atoms with Crippen LogP contribution in [0.4, 0.5) is 0 Å². The van der Waals surface area contributed by atoms with Gasteiger partial charge < -0.3 is 6.16 Å². The third-order valence-electron chi connectivity index (χ3n) is 5.40. The van der Waals surface area contributed by atoms with Crippen LogP contribution in [0.3, 0.4) is 0 Å². The standard InChI is InChI=1S/C26H20O2.Na.H/c27-24(11-4-8-18-6-2-1-3-7-18)28-23-17-15-21-13-12-19-9-5-10-20-14-16-22(23)26(21)25(19)20;;/h1-3,5-7,9-10,12-17H,4,8,11H2;;/q;+1;-1. The summed E-state index contributed by atoms with van der Waals surface area (Å²) in [6, 6.07) is 29.0. The van der Waals surface area contributed by atoms with Crippen molar-refractivity contribution in [1.82, 2.24) is 0 Å². The van der Waals surface area contributed by atoms with E-state index < -0.39 is 0 Å². The van der Waals surface area contributed by atoms with Crippen LogP contribution in [0.25, 0.3) is 32.3 Å². The second-order valence-electron chi connectivity index (χ2n) is 7.23. The molecule has 0 amide bonds. The van der Waals surface area contributed by atoms with Crippen molar-refractivity contribution in [1.29, 1.82) is 0 Å². The molecule has 5 aromatic carbocycles. The van der Waals surface area contributed by atoms with Gasteiger partial charge in [-0.05, 0) is 52.1 Å². The molecule has 0 saturated carbocycles. The molecule has 138 valence electrons. The summed E-state index contributed by atoms with van der Waals surface area (Å²) in [5.41, 5.74) is 1.25. The molecular weight excluding hydrogens is 367 g/mol. The molecule has 0 unspecified atom stereocenters. The van der Waals surface area contributed by atoms with Crippen LogP contribution < -0.4 is 34.3 Å². The van der Waals surface area contributed by atoms with Gasteiger partial charge in [0.25, 0.3) is 0 Å². The van der Waals surface area contributed by atoms with Crippen molar-refractivity contribution in [3.63, 3.8) is 0 Å². The van der Waals surface area contributed by atoms with E-state index in [0.29, 0.717) is 12.2 Å². The third-order valence-corrected chi connectivity index (χ3v) is 5.40. The van der Waals surface area contributed by atoms with Gasteiger partial charge in [-0.25, -0.2) is 0 Å². The maximum absolute atomic E-state index is 12.4. The molecule has 3 heteroatoms. The Balaban J connectivity index is 0.00000128. The van der Waals surface area contributed by atoms with Gasteiger partial charge in [-0.15, -0.1) is 0 Å². The fourth-order valence-corrected chi connectivity index (χ4v) is 4.05. The molecule has 0 atom stereocenters. The van der Waals surface area contributed by atoms with Crippen LogP contribution in [-0.2, 0) is 11.2 Å². The van der Waals surface area contributed by atoms with Gasteiger partial charge in [-0.1, -0.05) is 72.8 Å². The van der Waals surface area contributed by atoms with Crippen LogP contribution in [0.2, 0.25) is 0 Å². The topological polar surface area (TPSA) is 26.3 Å². The molecule has 0 radical (unpaired) electrons. The molecule has 0 bridgehead atoms. The number of carbonyl (C=O) groups excluding carboxylic acids is 1. The summed E-state index contributed by atoms with van der Waals surface area (Å²) in [6.07, 6.45) is 2.08. The van der Waals surface area contributed by atoms with E-state index in [1.54, 1.807) is 0 Å². The van der Waals surface area contributed by atoms with E-state index in [4.69, 9.17) is 4.74 Å². The summed E-state index contributed by atoms with van der Waals surface area (Å²) >= 11 is 0. The summed E-state index contributed by atoms with van der Waals surface area (Å²) in [7, 11) is 0. The van der Waals surface area contributed by atoms with Crippen LogP contribution in [0.1, 0.15) is 19.8 Å². The number of hydrogen-bond donors (Lipinski definition) is 0. The molecule has 29 heavy (non-hydrogen) atoms. The average molecular weight is 388 g/mol. The number of aryl methyl sites for hydroxylation is 1. The van der Waals surface area contributed by atoms with Gasteiger partial charge in [-0.2, -0.15) is 0 Å². The molecule has 0 spiro atoms. The van der Waals surface area contributed by atoms with E-state index >= 15 is 0 Å². The van der Waals surface area contributed by atoms with E-state index in [9.17, 15) is 4.79 Å². The third kappa shape index (κ3) is 3.89. The van der Waals surface area contributed by atoms with Gasteiger partial charge in [0.05, 0.1) is 0 Å². The smallest absolute Gasteiger partial charge is 1.00 e. The summed E-state index contributed by atoms with van der Waals surface area (Å²) in [5, 5.41) is 7.00. The van der Waals surface area contributed by atoms with Crippen LogP contribution in [0.15, 0.2) is 84.9 Å². The molecule has 0 N–H and O–H groups in total. The molecule has 0 aromatic heterocycles. The Morgan fingerprint density at radius 2 is 1.38 bits per heavy atom. The number of ether oxygens (including phenoxy) is 1. The monoisotopic (exact) mass is 388 g/mol. The first-order chi connectivity index (χ1) is 13.8. The van der Waals surface area contributed by atoms with E-state index in [1.165, 1.54) is 32.5 Å². The number of esters is 1. The van der Waals surface area contributed by atoms with E-state index in [1.807, 2.05) is 30.3 Å². The molecule has 2 nitrogen and oxygen atoms in total. The molecule has 0 heterocycles. The van der Waals surface area contributed by atoms with Crippen molar-refractivity contribution < 1.29 is 40.5 Å². The normalized spacial score (nSPS) is 11.0. The van der Waals surface area contributed by atoms with Crippen LogP contribution in [0, 0.1) is 0 Å². The summed E-state index contributed by atoms with van der Waals surface area (Å²) in [6.45, 7) is 0. The number of carbonyl (C=O) groups is 1.